The number of benzene rings is 1. The van der Waals surface area contributed by atoms with Crippen LogP contribution in [0.3, 0.4) is 0 Å². The Bertz CT molecular complexity index is 830. The number of hydrogen-bond acceptors (Lipinski definition) is 4. The Kier molecular flexibility index (Phi) is 5.99. The summed E-state index contributed by atoms with van der Waals surface area (Å²) in [6.45, 7) is 0. The number of rotatable bonds is 2. The first kappa shape index (κ1) is 18.8. The smallest absolute Gasteiger partial charge is 0.485 e. The highest BCUT2D eigenvalue weighted by atomic mass is 32.2. The van der Waals surface area contributed by atoms with Crippen molar-refractivity contribution in [1.29, 1.82) is 0 Å². The van der Waals surface area contributed by atoms with Crippen molar-refractivity contribution in [3.05, 3.63) is 48.2 Å². The van der Waals surface area contributed by atoms with Crippen LogP contribution >= 0.6 is 0 Å². The summed E-state index contributed by atoms with van der Waals surface area (Å²) in [6, 6.07) is 10.1. The Balaban J connectivity index is 0.000000284. The molecule has 0 bridgehead atoms. The van der Waals surface area contributed by atoms with E-state index in [1.807, 2.05) is 37.5 Å². The zero-order valence-electron chi connectivity index (χ0n) is 11.8. The van der Waals surface area contributed by atoms with Crippen LogP contribution < -0.4 is 4.57 Å². The lowest BCUT2D eigenvalue weighted by atomic mass is 10.1. The van der Waals surface area contributed by atoms with Crippen LogP contribution in [0.25, 0.3) is 17.0 Å². The van der Waals surface area contributed by atoms with E-state index in [9.17, 15) is 18.0 Å². The van der Waals surface area contributed by atoms with E-state index in [0.717, 1.165) is 22.8 Å². The van der Waals surface area contributed by atoms with Crippen molar-refractivity contribution in [1.82, 2.24) is 0 Å². The maximum atomic E-state index is 10.7. The third-order valence-corrected chi connectivity index (χ3v) is 3.28. The molecule has 0 atom stereocenters. The predicted molar refractivity (Wildman–Crippen MR) is 76.0 cm³/mol. The molecule has 9 heteroatoms. The molecule has 23 heavy (non-hydrogen) atoms. The van der Waals surface area contributed by atoms with E-state index in [4.69, 9.17) is 13.0 Å². The minimum Gasteiger partial charge on any atom is -0.741 e. The van der Waals surface area contributed by atoms with Gasteiger partial charge in [-0.05, 0) is 17.7 Å². The van der Waals surface area contributed by atoms with Gasteiger partial charge in [0.1, 0.15) is 13.3 Å². The standard InChI is InChI=1S/C13H12NO.CHF3O3S/c1-14-9-8-11(5-4-10-15)12-6-2-3-7-13(12)14;2-1(3,4)8(5,6)7/h2-10H,1H3;(H,5,6,7)/q+1;/p-1. The SMILES string of the molecule is C[n+]1ccc(C=CC=O)c2ccccc21.O=S(=O)([O-])C(F)(F)F. The van der Waals surface area contributed by atoms with Crippen LogP contribution in [0, 0.1) is 0 Å². The molecule has 1 heterocycles. The van der Waals surface area contributed by atoms with Crippen molar-refractivity contribution in [3.8, 4) is 0 Å². The van der Waals surface area contributed by atoms with Gasteiger partial charge in [0.2, 0.25) is 5.52 Å². The summed E-state index contributed by atoms with van der Waals surface area (Å²) < 4.78 is 61.0. The molecule has 0 saturated heterocycles. The number of halogens is 3. The highest BCUT2D eigenvalue weighted by Gasteiger charge is 2.36. The molecule has 0 aliphatic heterocycles. The molecule has 124 valence electrons. The summed E-state index contributed by atoms with van der Waals surface area (Å²) in [5.74, 6) is 0. The number of alkyl halides is 3. The predicted octanol–water partition coefficient (Wildman–Crippen LogP) is 1.93. The maximum absolute atomic E-state index is 10.7. The first-order valence-corrected chi connectivity index (χ1v) is 7.50. The van der Waals surface area contributed by atoms with Gasteiger partial charge in [0.05, 0.1) is 5.39 Å². The summed E-state index contributed by atoms with van der Waals surface area (Å²) >= 11 is 0. The number of aromatic nitrogens is 1. The number of carbonyl (C=O) groups excluding carboxylic acids is 1. The molecule has 0 aliphatic rings. The molecule has 0 aliphatic carbocycles. The number of aldehydes is 1. The summed E-state index contributed by atoms with van der Waals surface area (Å²) in [4.78, 5) is 10.3. The fourth-order valence-corrected chi connectivity index (χ4v) is 1.68. The first-order valence-electron chi connectivity index (χ1n) is 6.09. The Morgan fingerprint density at radius 2 is 1.74 bits per heavy atom. The lowest BCUT2D eigenvalue weighted by Crippen LogP contribution is -2.28. The molecule has 0 amide bonds. The summed E-state index contributed by atoms with van der Waals surface area (Å²) in [7, 11) is -4.08. The lowest BCUT2D eigenvalue weighted by Gasteiger charge is -2.08. The Labute approximate surface area is 130 Å². The summed E-state index contributed by atoms with van der Waals surface area (Å²) in [6.07, 6.45) is 6.13. The van der Waals surface area contributed by atoms with Crippen LogP contribution in [0.1, 0.15) is 5.56 Å². The number of carbonyl (C=O) groups is 1. The second kappa shape index (κ2) is 7.34. The molecule has 0 N–H and O–H groups in total. The van der Waals surface area contributed by atoms with Crippen LogP contribution in [0.2, 0.25) is 0 Å². The second-order valence-electron chi connectivity index (χ2n) is 4.29. The maximum Gasteiger partial charge on any atom is 0.485 e. The van der Waals surface area contributed by atoms with Crippen molar-refractivity contribution in [2.24, 2.45) is 7.05 Å². The topological polar surface area (TPSA) is 78.1 Å². The average Bonchev–Trinajstić information content (AvgIpc) is 2.45. The Morgan fingerprint density at radius 1 is 1.17 bits per heavy atom. The van der Waals surface area contributed by atoms with Gasteiger partial charge in [-0.15, -0.1) is 0 Å². The Hall–Kier alpha value is -2.26. The number of para-hydroxylation sites is 1. The monoisotopic (exact) mass is 347 g/mol. The normalized spacial score (nSPS) is 12.0. The van der Waals surface area contributed by atoms with Gasteiger partial charge in [-0.3, -0.25) is 4.79 Å². The molecular weight excluding hydrogens is 335 g/mol. The van der Waals surface area contributed by atoms with Gasteiger partial charge in [0.15, 0.2) is 16.3 Å². The molecule has 0 radical (unpaired) electrons. The highest BCUT2D eigenvalue weighted by molar-refractivity contribution is 7.86. The largest absolute Gasteiger partial charge is 0.741 e. The van der Waals surface area contributed by atoms with Gasteiger partial charge in [-0.2, -0.15) is 13.2 Å². The third kappa shape index (κ3) is 5.15. The molecular formula is C14H12F3NO4S. The molecule has 0 fully saturated rings. The van der Waals surface area contributed by atoms with Gasteiger partial charge in [0, 0.05) is 12.1 Å². The Morgan fingerprint density at radius 3 is 2.26 bits per heavy atom. The van der Waals surface area contributed by atoms with E-state index in [1.54, 1.807) is 0 Å². The van der Waals surface area contributed by atoms with E-state index in [-0.39, 0.29) is 0 Å². The van der Waals surface area contributed by atoms with Gasteiger partial charge < -0.3 is 4.55 Å². The number of pyridine rings is 1. The lowest BCUT2D eigenvalue weighted by molar-refractivity contribution is -0.644. The van der Waals surface area contributed by atoms with E-state index in [2.05, 4.69) is 16.7 Å². The van der Waals surface area contributed by atoms with Crippen LogP contribution in [0.5, 0.6) is 0 Å². The highest BCUT2D eigenvalue weighted by Crippen LogP contribution is 2.20. The number of aryl methyl sites for hydroxylation is 1. The minimum absolute atomic E-state index is 0.793. The van der Waals surface area contributed by atoms with Crippen molar-refractivity contribution < 1.29 is 35.5 Å². The third-order valence-electron chi connectivity index (χ3n) is 2.71. The van der Waals surface area contributed by atoms with Crippen molar-refractivity contribution in [2.45, 2.75) is 5.51 Å². The average molecular weight is 347 g/mol. The van der Waals surface area contributed by atoms with E-state index < -0.39 is 15.6 Å². The minimum atomic E-state index is -6.09. The quantitative estimate of drug-likeness (QED) is 0.273. The van der Waals surface area contributed by atoms with Crippen LogP contribution in [0.4, 0.5) is 13.2 Å². The molecule has 1 aromatic heterocycles. The zero-order valence-corrected chi connectivity index (χ0v) is 12.6. The fraction of sp³-hybridized carbons (Fsp3) is 0.143. The fourth-order valence-electron chi connectivity index (χ4n) is 1.68. The van der Waals surface area contributed by atoms with Crippen LogP contribution in [0.15, 0.2) is 42.6 Å². The van der Waals surface area contributed by atoms with Crippen molar-refractivity contribution >= 4 is 33.4 Å². The molecule has 0 spiro atoms. The summed E-state index contributed by atoms with van der Waals surface area (Å²) in [5.41, 5.74) is -3.42. The molecule has 0 saturated carbocycles. The van der Waals surface area contributed by atoms with Gasteiger partial charge in [-0.1, -0.05) is 18.2 Å². The number of allylic oxidation sites excluding steroid dienone is 1. The molecule has 0 unspecified atom stereocenters. The number of fused-ring (bicyclic) bond motifs is 1. The number of hydrogen-bond donors (Lipinski definition) is 0. The molecule has 2 aromatic rings. The van der Waals surface area contributed by atoms with E-state index in [1.165, 1.54) is 6.08 Å². The summed E-state index contributed by atoms with van der Waals surface area (Å²) in [5, 5.41) is 1.15. The van der Waals surface area contributed by atoms with Crippen LogP contribution in [-0.2, 0) is 22.0 Å². The van der Waals surface area contributed by atoms with Gasteiger partial charge >= 0.3 is 5.51 Å². The van der Waals surface area contributed by atoms with Gasteiger partial charge in [-0.25, -0.2) is 13.0 Å². The molecule has 1 aromatic carbocycles. The van der Waals surface area contributed by atoms with E-state index in [0.29, 0.717) is 0 Å². The zero-order chi connectivity index (χ0) is 17.7. The number of nitrogens with zero attached hydrogens (tertiary/aromatic N) is 1. The van der Waals surface area contributed by atoms with E-state index >= 15 is 0 Å². The molecule has 2 rings (SSSR count). The second-order valence-corrected chi connectivity index (χ2v) is 5.67. The van der Waals surface area contributed by atoms with Crippen molar-refractivity contribution in [2.75, 3.05) is 0 Å². The van der Waals surface area contributed by atoms with Crippen LogP contribution in [-0.4, -0.2) is 24.8 Å². The van der Waals surface area contributed by atoms with Crippen molar-refractivity contribution in [3.63, 3.8) is 0 Å². The first-order chi connectivity index (χ1) is 10.6. The molecule has 5 nitrogen and oxygen atoms in total. The van der Waals surface area contributed by atoms with Gasteiger partial charge in [0.25, 0.3) is 0 Å².